The van der Waals surface area contributed by atoms with Crippen molar-refractivity contribution >= 4 is 27.9 Å². The Hall–Kier alpha value is -1.64. The van der Waals surface area contributed by atoms with Gasteiger partial charge in [0.25, 0.3) is 0 Å². The van der Waals surface area contributed by atoms with Gasteiger partial charge in [-0.25, -0.2) is 14.8 Å². The second-order valence-electron chi connectivity index (χ2n) is 7.52. The predicted molar refractivity (Wildman–Crippen MR) is 115 cm³/mol. The van der Waals surface area contributed by atoms with Gasteiger partial charge in [0.1, 0.15) is 6.61 Å². The summed E-state index contributed by atoms with van der Waals surface area (Å²) in [6, 6.07) is 9.56. The molecule has 2 amide bonds. The number of alkyl halides is 1. The van der Waals surface area contributed by atoms with Gasteiger partial charge in [-0.2, -0.15) is 0 Å². The van der Waals surface area contributed by atoms with Crippen molar-refractivity contribution < 1.29 is 14.3 Å². The van der Waals surface area contributed by atoms with Crippen LogP contribution in [0.4, 0.5) is 4.79 Å². The molecule has 0 spiro atoms. The van der Waals surface area contributed by atoms with E-state index in [1.54, 1.807) is 0 Å². The Kier molecular flexibility index (Phi) is 11.8. The first kappa shape index (κ1) is 24.4. The topological polar surface area (TPSA) is 73.9 Å². The smallest absolute Gasteiger partial charge is 0.422 e. The minimum atomic E-state index is -0.482. The van der Waals surface area contributed by atoms with Crippen LogP contribution in [0.3, 0.4) is 0 Å². The zero-order valence-electron chi connectivity index (χ0n) is 17.3. The average Bonchev–Trinajstić information content (AvgIpc) is 2.64. The molecule has 8 heteroatoms. The largest absolute Gasteiger partial charge is 0.444 e. The molecule has 0 fully saturated rings. The summed E-state index contributed by atoms with van der Waals surface area (Å²) < 4.78 is 5.31. The minimum Gasteiger partial charge on any atom is -0.444 e. The molecule has 0 unspecified atom stereocenters. The van der Waals surface area contributed by atoms with Crippen LogP contribution in [0.15, 0.2) is 30.3 Å². The average molecular weight is 457 g/mol. The molecule has 7 nitrogen and oxygen atoms in total. The molecule has 0 aliphatic heterocycles. The molecular weight excluding hydrogens is 424 g/mol. The molecular formula is C20H33BrN4O3. The van der Waals surface area contributed by atoms with Crippen molar-refractivity contribution in [2.45, 2.75) is 34.3 Å². The lowest BCUT2D eigenvalue weighted by Gasteiger charge is -2.29. The number of nitrogens with zero attached hydrogens (tertiary/aromatic N) is 2. The van der Waals surface area contributed by atoms with E-state index >= 15 is 0 Å². The van der Waals surface area contributed by atoms with E-state index in [0.717, 1.165) is 12.1 Å². The van der Waals surface area contributed by atoms with Crippen molar-refractivity contribution in [1.29, 1.82) is 0 Å². The zero-order chi connectivity index (χ0) is 20.9. The summed E-state index contributed by atoms with van der Waals surface area (Å²) in [7, 11) is 0. The van der Waals surface area contributed by atoms with Crippen LogP contribution >= 0.6 is 15.9 Å². The van der Waals surface area contributed by atoms with E-state index in [-0.39, 0.29) is 17.8 Å². The summed E-state index contributed by atoms with van der Waals surface area (Å²) in [4.78, 5) is 23.9. The molecule has 0 saturated heterocycles. The maximum atomic E-state index is 12.2. The molecule has 0 saturated carbocycles. The molecule has 1 aromatic rings. The molecule has 1 rings (SSSR count). The second kappa shape index (κ2) is 13.5. The predicted octanol–water partition coefficient (Wildman–Crippen LogP) is 3.17. The van der Waals surface area contributed by atoms with Crippen LogP contribution < -0.4 is 10.9 Å². The number of rotatable bonds is 12. The lowest BCUT2D eigenvalue weighted by molar-refractivity contribution is -0.123. The molecule has 0 aliphatic rings. The van der Waals surface area contributed by atoms with Crippen LogP contribution in [0.2, 0.25) is 0 Å². The van der Waals surface area contributed by atoms with Gasteiger partial charge in [0.2, 0.25) is 5.91 Å². The van der Waals surface area contributed by atoms with E-state index in [4.69, 9.17) is 4.74 Å². The van der Waals surface area contributed by atoms with Gasteiger partial charge in [-0.05, 0) is 17.4 Å². The maximum Gasteiger partial charge on any atom is 0.422 e. The SMILES string of the molecule is CC(C)CN(CCN(CC(C)C)NC(=O)OCc1ccccc1)NC(=O)CBr. The fourth-order valence-corrected chi connectivity index (χ4v) is 2.72. The van der Waals surface area contributed by atoms with Crippen LogP contribution in [0, 0.1) is 11.8 Å². The molecule has 0 aliphatic carbocycles. The van der Waals surface area contributed by atoms with Crippen LogP contribution in [0.25, 0.3) is 0 Å². The number of hydrazine groups is 2. The Bertz CT molecular complexity index is 584. The standard InChI is InChI=1S/C20H33BrN4O3/c1-16(2)13-24(22-19(26)12-21)10-11-25(14-17(3)4)23-20(27)28-15-18-8-6-5-7-9-18/h5-9,16-17H,10-15H2,1-4H3,(H,22,26)(H,23,27). The first-order valence-corrected chi connectivity index (χ1v) is 10.7. The third-order valence-corrected chi connectivity index (χ3v) is 4.19. The van der Waals surface area contributed by atoms with Crippen molar-refractivity contribution in [3.63, 3.8) is 0 Å². The summed E-state index contributed by atoms with van der Waals surface area (Å²) in [5.74, 6) is 0.675. The summed E-state index contributed by atoms with van der Waals surface area (Å²) in [6.45, 7) is 11.1. The van der Waals surface area contributed by atoms with Gasteiger partial charge in [-0.15, -0.1) is 0 Å². The number of nitrogens with one attached hydrogen (secondary N) is 2. The number of hydrogen-bond donors (Lipinski definition) is 2. The van der Waals surface area contributed by atoms with Crippen molar-refractivity contribution in [3.8, 4) is 0 Å². The van der Waals surface area contributed by atoms with E-state index in [1.807, 2.05) is 40.3 Å². The Morgan fingerprint density at radius 2 is 1.50 bits per heavy atom. The normalized spacial score (nSPS) is 11.3. The highest BCUT2D eigenvalue weighted by Gasteiger charge is 2.16. The molecule has 0 bridgehead atoms. The third-order valence-electron chi connectivity index (χ3n) is 3.68. The van der Waals surface area contributed by atoms with Gasteiger partial charge in [0.15, 0.2) is 0 Å². The zero-order valence-corrected chi connectivity index (χ0v) is 18.9. The lowest BCUT2D eigenvalue weighted by atomic mass is 10.2. The van der Waals surface area contributed by atoms with Gasteiger partial charge in [0, 0.05) is 26.2 Å². The number of hydrogen-bond acceptors (Lipinski definition) is 5. The van der Waals surface area contributed by atoms with Gasteiger partial charge >= 0.3 is 6.09 Å². The molecule has 1 aromatic carbocycles. The quantitative estimate of drug-likeness (QED) is 0.373. The minimum absolute atomic E-state index is 0.0914. The van der Waals surface area contributed by atoms with Crippen molar-refractivity contribution in [3.05, 3.63) is 35.9 Å². The fraction of sp³-hybridized carbons (Fsp3) is 0.600. The van der Waals surface area contributed by atoms with Crippen LogP contribution in [-0.4, -0.2) is 53.5 Å². The summed E-state index contributed by atoms with van der Waals surface area (Å²) in [5.41, 5.74) is 6.64. The van der Waals surface area contributed by atoms with E-state index in [9.17, 15) is 9.59 Å². The Balaban J connectivity index is 2.57. The molecule has 0 heterocycles. The number of benzene rings is 1. The van der Waals surface area contributed by atoms with Gasteiger partial charge in [0.05, 0.1) is 5.33 Å². The Morgan fingerprint density at radius 3 is 2.00 bits per heavy atom. The number of carbonyl (C=O) groups is 2. The van der Waals surface area contributed by atoms with E-state index in [0.29, 0.717) is 31.5 Å². The van der Waals surface area contributed by atoms with Gasteiger partial charge < -0.3 is 4.74 Å². The number of amides is 2. The first-order chi connectivity index (χ1) is 13.3. The molecule has 158 valence electrons. The molecule has 0 radical (unpaired) electrons. The first-order valence-electron chi connectivity index (χ1n) is 9.62. The molecule has 2 N–H and O–H groups in total. The van der Waals surface area contributed by atoms with Crippen LogP contribution in [-0.2, 0) is 16.1 Å². The summed E-state index contributed by atoms with van der Waals surface area (Å²) >= 11 is 3.17. The van der Waals surface area contributed by atoms with Crippen LogP contribution in [0.1, 0.15) is 33.3 Å². The highest BCUT2D eigenvalue weighted by Crippen LogP contribution is 2.03. The van der Waals surface area contributed by atoms with Crippen LogP contribution in [0.5, 0.6) is 0 Å². The van der Waals surface area contributed by atoms with Crippen molar-refractivity contribution in [1.82, 2.24) is 20.9 Å². The van der Waals surface area contributed by atoms with E-state index < -0.39 is 6.09 Å². The van der Waals surface area contributed by atoms with E-state index in [1.165, 1.54) is 0 Å². The number of carbonyl (C=O) groups excluding carboxylic acids is 2. The summed E-state index contributed by atoms with van der Waals surface area (Å²) in [5, 5.41) is 3.98. The van der Waals surface area contributed by atoms with Crippen molar-refractivity contribution in [2.75, 3.05) is 31.5 Å². The van der Waals surface area contributed by atoms with Crippen molar-refractivity contribution in [2.24, 2.45) is 11.8 Å². The highest BCUT2D eigenvalue weighted by molar-refractivity contribution is 9.09. The highest BCUT2D eigenvalue weighted by atomic mass is 79.9. The molecule has 28 heavy (non-hydrogen) atoms. The Morgan fingerprint density at radius 1 is 0.964 bits per heavy atom. The number of ether oxygens (including phenoxy) is 1. The van der Waals surface area contributed by atoms with Gasteiger partial charge in [-0.3, -0.25) is 15.6 Å². The summed E-state index contributed by atoms with van der Waals surface area (Å²) in [6.07, 6.45) is -0.482. The maximum absolute atomic E-state index is 12.2. The van der Waals surface area contributed by atoms with Gasteiger partial charge in [-0.1, -0.05) is 74.0 Å². The third kappa shape index (κ3) is 11.3. The molecule has 0 aromatic heterocycles. The second-order valence-corrected chi connectivity index (χ2v) is 8.08. The monoisotopic (exact) mass is 456 g/mol. The fourth-order valence-electron chi connectivity index (χ4n) is 2.60. The Labute approximate surface area is 176 Å². The lowest BCUT2D eigenvalue weighted by Crippen LogP contribution is -2.52. The number of halogens is 1. The molecule has 0 atom stereocenters. The van der Waals surface area contributed by atoms with E-state index in [2.05, 4.69) is 54.5 Å².